The Hall–Kier alpha value is -2.62. The summed E-state index contributed by atoms with van der Waals surface area (Å²) >= 11 is 0. The van der Waals surface area contributed by atoms with E-state index < -0.39 is 6.04 Å². The first-order chi connectivity index (χ1) is 11.5. The van der Waals surface area contributed by atoms with Crippen molar-refractivity contribution in [2.75, 3.05) is 6.61 Å². The maximum atomic E-state index is 12.6. The van der Waals surface area contributed by atoms with Crippen LogP contribution < -0.4 is 5.32 Å². The van der Waals surface area contributed by atoms with Gasteiger partial charge in [0.25, 0.3) is 5.91 Å². The van der Waals surface area contributed by atoms with Gasteiger partial charge in [0, 0.05) is 5.56 Å². The number of hydrogen-bond donors (Lipinski definition) is 1. The molecule has 1 atom stereocenters. The monoisotopic (exact) mass is 325 g/mol. The zero-order chi connectivity index (χ0) is 17.5. The van der Waals surface area contributed by atoms with Crippen molar-refractivity contribution >= 4 is 11.9 Å². The Bertz CT molecular complexity index is 707. The van der Waals surface area contributed by atoms with Gasteiger partial charge in [-0.3, -0.25) is 9.59 Å². The van der Waals surface area contributed by atoms with Crippen molar-refractivity contribution in [1.82, 2.24) is 5.32 Å². The molecule has 0 aliphatic heterocycles. The van der Waals surface area contributed by atoms with Crippen LogP contribution in [0.15, 0.2) is 48.5 Å². The molecule has 0 saturated carbocycles. The Balaban J connectivity index is 2.22. The number of carbonyl (C=O) groups is 2. The highest BCUT2D eigenvalue weighted by atomic mass is 16.5. The number of hydrogen-bond acceptors (Lipinski definition) is 3. The van der Waals surface area contributed by atoms with Crippen molar-refractivity contribution < 1.29 is 14.3 Å². The third kappa shape index (κ3) is 4.69. The van der Waals surface area contributed by atoms with Crippen molar-refractivity contribution in [2.24, 2.45) is 0 Å². The molecule has 2 rings (SSSR count). The molecule has 24 heavy (non-hydrogen) atoms. The summed E-state index contributed by atoms with van der Waals surface area (Å²) in [5.41, 5.74) is 3.52. The van der Waals surface area contributed by atoms with Gasteiger partial charge in [0.1, 0.15) is 0 Å². The van der Waals surface area contributed by atoms with Crippen LogP contribution in [0, 0.1) is 13.8 Å². The number of amides is 1. The summed E-state index contributed by atoms with van der Waals surface area (Å²) in [6, 6.07) is 14.8. The van der Waals surface area contributed by atoms with Crippen molar-refractivity contribution in [3.63, 3.8) is 0 Å². The number of ether oxygens (including phenoxy) is 1. The Morgan fingerprint density at radius 2 is 1.71 bits per heavy atom. The largest absolute Gasteiger partial charge is 0.466 e. The topological polar surface area (TPSA) is 55.4 Å². The predicted molar refractivity (Wildman–Crippen MR) is 93.8 cm³/mol. The molecule has 0 bridgehead atoms. The third-order valence-electron chi connectivity index (χ3n) is 3.85. The van der Waals surface area contributed by atoms with Gasteiger partial charge in [-0.25, -0.2) is 0 Å². The fourth-order valence-electron chi connectivity index (χ4n) is 2.50. The molecule has 1 N–H and O–H groups in total. The van der Waals surface area contributed by atoms with Crippen LogP contribution in [0.2, 0.25) is 0 Å². The van der Waals surface area contributed by atoms with E-state index in [0.29, 0.717) is 12.2 Å². The lowest BCUT2D eigenvalue weighted by atomic mass is 10.0. The van der Waals surface area contributed by atoms with Gasteiger partial charge in [-0.1, -0.05) is 48.0 Å². The molecule has 4 nitrogen and oxygen atoms in total. The molecule has 0 unspecified atom stereocenters. The summed E-state index contributed by atoms with van der Waals surface area (Å²) in [7, 11) is 0. The van der Waals surface area contributed by atoms with Crippen LogP contribution in [0.5, 0.6) is 0 Å². The molecule has 0 spiro atoms. The van der Waals surface area contributed by atoms with Crippen LogP contribution >= 0.6 is 0 Å². The van der Waals surface area contributed by atoms with E-state index >= 15 is 0 Å². The van der Waals surface area contributed by atoms with Crippen molar-refractivity contribution in [1.29, 1.82) is 0 Å². The molecule has 0 saturated heterocycles. The molecular weight excluding hydrogens is 302 g/mol. The van der Waals surface area contributed by atoms with Gasteiger partial charge in [-0.05, 0) is 38.0 Å². The van der Waals surface area contributed by atoms with Gasteiger partial charge in [-0.2, -0.15) is 0 Å². The molecule has 0 aliphatic carbocycles. The molecule has 0 heterocycles. The van der Waals surface area contributed by atoms with E-state index in [1.807, 2.05) is 56.3 Å². The molecule has 0 aliphatic rings. The van der Waals surface area contributed by atoms with Crippen LogP contribution in [0.3, 0.4) is 0 Å². The van der Waals surface area contributed by atoms with Crippen molar-refractivity contribution in [3.05, 3.63) is 70.8 Å². The summed E-state index contributed by atoms with van der Waals surface area (Å²) in [5, 5.41) is 2.96. The number of esters is 1. The third-order valence-corrected chi connectivity index (χ3v) is 3.85. The zero-order valence-electron chi connectivity index (χ0n) is 14.3. The highest BCUT2D eigenvalue weighted by molar-refractivity contribution is 5.96. The summed E-state index contributed by atoms with van der Waals surface area (Å²) in [6.45, 7) is 5.98. The number of nitrogens with one attached hydrogen (secondary N) is 1. The second-order valence-electron chi connectivity index (χ2n) is 5.76. The predicted octanol–water partition coefficient (Wildman–Crippen LogP) is 3.73. The van der Waals surface area contributed by atoms with Crippen LogP contribution in [-0.2, 0) is 9.53 Å². The Labute approximate surface area is 142 Å². The minimum Gasteiger partial charge on any atom is -0.466 e. The number of rotatable bonds is 6. The first-order valence-corrected chi connectivity index (χ1v) is 8.10. The van der Waals surface area contributed by atoms with Crippen molar-refractivity contribution in [2.45, 2.75) is 33.2 Å². The number of benzene rings is 2. The molecule has 0 aromatic heterocycles. The average Bonchev–Trinajstić information content (AvgIpc) is 2.55. The van der Waals surface area contributed by atoms with Gasteiger partial charge in [0.05, 0.1) is 19.1 Å². The molecule has 1 amide bonds. The molecule has 0 fully saturated rings. The van der Waals surface area contributed by atoms with Crippen LogP contribution in [0.4, 0.5) is 0 Å². The summed E-state index contributed by atoms with van der Waals surface area (Å²) in [5.74, 6) is -0.517. The van der Waals surface area contributed by atoms with Crippen LogP contribution in [-0.4, -0.2) is 18.5 Å². The molecule has 126 valence electrons. The van der Waals surface area contributed by atoms with Gasteiger partial charge >= 0.3 is 5.97 Å². The van der Waals surface area contributed by atoms with Gasteiger partial charge in [-0.15, -0.1) is 0 Å². The second-order valence-corrected chi connectivity index (χ2v) is 5.76. The first-order valence-electron chi connectivity index (χ1n) is 8.10. The second kappa shape index (κ2) is 8.29. The lowest BCUT2D eigenvalue weighted by Gasteiger charge is -2.19. The smallest absolute Gasteiger partial charge is 0.308 e. The van der Waals surface area contributed by atoms with E-state index in [1.54, 1.807) is 13.0 Å². The minimum absolute atomic E-state index is 0.106. The van der Waals surface area contributed by atoms with Crippen LogP contribution in [0.1, 0.15) is 46.4 Å². The maximum absolute atomic E-state index is 12.6. The molecular formula is C20H23NO3. The fraction of sp³-hybridized carbons (Fsp3) is 0.300. The van der Waals surface area contributed by atoms with E-state index in [0.717, 1.165) is 16.7 Å². The Morgan fingerprint density at radius 1 is 1.04 bits per heavy atom. The fourth-order valence-corrected chi connectivity index (χ4v) is 2.50. The lowest BCUT2D eigenvalue weighted by molar-refractivity contribution is -0.143. The zero-order valence-corrected chi connectivity index (χ0v) is 14.3. The van der Waals surface area contributed by atoms with Crippen molar-refractivity contribution in [3.8, 4) is 0 Å². The highest BCUT2D eigenvalue weighted by Gasteiger charge is 2.20. The van der Waals surface area contributed by atoms with E-state index in [2.05, 4.69) is 5.32 Å². The summed E-state index contributed by atoms with van der Waals surface area (Å²) in [6.07, 6.45) is 0.106. The number of aryl methyl sites for hydroxylation is 2. The van der Waals surface area contributed by atoms with E-state index in [-0.39, 0.29) is 18.3 Å². The van der Waals surface area contributed by atoms with Gasteiger partial charge < -0.3 is 10.1 Å². The maximum Gasteiger partial charge on any atom is 0.308 e. The standard InChI is InChI=1S/C20H23NO3/c1-4-24-19(22)13-18(16-11-9-14(2)10-12-16)21-20(23)17-8-6-5-7-15(17)3/h5-12,18H,4,13H2,1-3H3,(H,21,23)/t18-/m1/s1. The molecule has 0 radical (unpaired) electrons. The minimum atomic E-state index is -0.420. The van der Waals surface area contributed by atoms with Crippen LogP contribution in [0.25, 0.3) is 0 Å². The summed E-state index contributed by atoms with van der Waals surface area (Å²) in [4.78, 5) is 24.5. The lowest BCUT2D eigenvalue weighted by Crippen LogP contribution is -2.31. The Kier molecular flexibility index (Phi) is 6.13. The summed E-state index contributed by atoms with van der Waals surface area (Å²) < 4.78 is 5.04. The van der Waals surface area contributed by atoms with E-state index in [4.69, 9.17) is 4.74 Å². The quantitative estimate of drug-likeness (QED) is 0.823. The van der Waals surface area contributed by atoms with Gasteiger partial charge in [0.2, 0.25) is 0 Å². The number of carbonyl (C=O) groups excluding carboxylic acids is 2. The van der Waals surface area contributed by atoms with E-state index in [9.17, 15) is 9.59 Å². The normalized spacial score (nSPS) is 11.6. The molecule has 2 aromatic rings. The van der Waals surface area contributed by atoms with Gasteiger partial charge in [0.15, 0.2) is 0 Å². The SMILES string of the molecule is CCOC(=O)C[C@@H](NC(=O)c1ccccc1C)c1ccc(C)cc1. The average molecular weight is 325 g/mol. The molecule has 2 aromatic carbocycles. The van der Waals surface area contributed by atoms with E-state index in [1.165, 1.54) is 0 Å². The molecule has 4 heteroatoms. The Morgan fingerprint density at radius 3 is 2.33 bits per heavy atom. The first kappa shape index (κ1) is 17.7. The highest BCUT2D eigenvalue weighted by Crippen LogP contribution is 2.20.